The highest BCUT2D eigenvalue weighted by atomic mass is 127. The van der Waals surface area contributed by atoms with Crippen molar-refractivity contribution in [3.05, 3.63) is 65.6 Å². The number of nitrogens with one attached hydrogen (secondary N) is 1. The highest BCUT2D eigenvalue weighted by molar-refractivity contribution is 14.0. The van der Waals surface area contributed by atoms with Crippen LogP contribution in [0, 0.1) is 13.8 Å². The van der Waals surface area contributed by atoms with Crippen molar-refractivity contribution in [2.24, 2.45) is 4.99 Å². The van der Waals surface area contributed by atoms with E-state index in [9.17, 15) is 0 Å². The van der Waals surface area contributed by atoms with Crippen LogP contribution in [0.5, 0.6) is 0 Å². The number of anilines is 1. The monoisotopic (exact) mass is 504 g/mol. The van der Waals surface area contributed by atoms with Crippen LogP contribution < -0.4 is 10.2 Å². The largest absolute Gasteiger partial charge is 0.368 e. The van der Waals surface area contributed by atoms with Crippen LogP contribution in [0.2, 0.25) is 0 Å². The quantitative estimate of drug-likeness (QED) is 0.337. The first-order chi connectivity index (χ1) is 13.6. The Bertz CT molecular complexity index is 988. The number of benzene rings is 1. The van der Waals surface area contributed by atoms with Crippen molar-refractivity contribution in [3.63, 3.8) is 0 Å². The fourth-order valence-electron chi connectivity index (χ4n) is 3.79. The Morgan fingerprint density at radius 1 is 1.07 bits per heavy atom. The van der Waals surface area contributed by atoms with Gasteiger partial charge in [0.25, 0.3) is 0 Å². The molecule has 0 spiro atoms. The summed E-state index contributed by atoms with van der Waals surface area (Å²) in [6, 6.07) is 14.9. The molecule has 6 nitrogen and oxygen atoms in total. The van der Waals surface area contributed by atoms with Gasteiger partial charge in [0.15, 0.2) is 5.96 Å². The Balaban J connectivity index is 0.00000240. The van der Waals surface area contributed by atoms with Crippen molar-refractivity contribution in [1.82, 2.24) is 19.6 Å². The third-order valence-electron chi connectivity index (χ3n) is 5.33. The smallest absolute Gasteiger partial charge is 0.194 e. The second-order valence-electron chi connectivity index (χ2n) is 7.34. The highest BCUT2D eigenvalue weighted by Gasteiger charge is 2.20. The molecule has 0 unspecified atom stereocenters. The number of halogens is 1. The van der Waals surface area contributed by atoms with Gasteiger partial charge in [-0.15, -0.1) is 24.0 Å². The van der Waals surface area contributed by atoms with Gasteiger partial charge in [-0.05, 0) is 43.7 Å². The Morgan fingerprint density at radius 3 is 2.52 bits per heavy atom. The standard InChI is InChI=1S/C22H28N6.HI/c1-17-6-4-8-20(14-17)26-10-12-27(13-11-26)22(23-3)24-15-19-16-28-18(2)7-5-9-21(28)25-19;/h4-9,14,16H,10-13,15H2,1-3H3,(H,23,24);1H. The second kappa shape index (κ2) is 9.47. The summed E-state index contributed by atoms with van der Waals surface area (Å²) >= 11 is 0. The van der Waals surface area contributed by atoms with Crippen molar-refractivity contribution in [2.45, 2.75) is 20.4 Å². The molecule has 7 heteroatoms. The van der Waals surface area contributed by atoms with Crippen molar-refractivity contribution < 1.29 is 0 Å². The van der Waals surface area contributed by atoms with Crippen molar-refractivity contribution in [1.29, 1.82) is 0 Å². The molecule has 1 saturated heterocycles. The molecule has 29 heavy (non-hydrogen) atoms. The van der Waals surface area contributed by atoms with E-state index in [1.165, 1.54) is 16.9 Å². The zero-order valence-electron chi connectivity index (χ0n) is 17.3. The number of imidazole rings is 1. The molecule has 0 atom stereocenters. The molecule has 1 aliphatic heterocycles. The van der Waals surface area contributed by atoms with Crippen LogP contribution >= 0.6 is 24.0 Å². The molecule has 0 saturated carbocycles. The summed E-state index contributed by atoms with van der Waals surface area (Å²) in [5, 5.41) is 3.48. The van der Waals surface area contributed by atoms with Crippen molar-refractivity contribution >= 4 is 41.3 Å². The lowest BCUT2D eigenvalue weighted by Gasteiger charge is -2.37. The van der Waals surface area contributed by atoms with E-state index < -0.39 is 0 Å². The first-order valence-corrected chi connectivity index (χ1v) is 9.85. The molecule has 1 N–H and O–H groups in total. The molecule has 1 aliphatic rings. The fourth-order valence-corrected chi connectivity index (χ4v) is 3.79. The number of pyridine rings is 1. The molecular formula is C22H29IN6. The number of nitrogens with zero attached hydrogens (tertiary/aromatic N) is 5. The van der Waals surface area contributed by atoms with Gasteiger partial charge in [0.2, 0.25) is 0 Å². The lowest BCUT2D eigenvalue weighted by atomic mass is 10.2. The van der Waals surface area contributed by atoms with Crippen LogP contribution in [-0.4, -0.2) is 53.5 Å². The zero-order valence-corrected chi connectivity index (χ0v) is 19.6. The number of hydrogen-bond acceptors (Lipinski definition) is 3. The van der Waals surface area contributed by atoms with Crippen LogP contribution in [-0.2, 0) is 6.54 Å². The van der Waals surface area contributed by atoms with Crippen LogP contribution in [0.3, 0.4) is 0 Å². The molecule has 0 amide bonds. The Labute approximate surface area is 189 Å². The lowest BCUT2D eigenvalue weighted by molar-refractivity contribution is 0.372. The first-order valence-electron chi connectivity index (χ1n) is 9.85. The number of rotatable bonds is 3. The van der Waals surface area contributed by atoms with Crippen molar-refractivity contribution in [3.8, 4) is 0 Å². The van der Waals surface area contributed by atoms with E-state index in [-0.39, 0.29) is 24.0 Å². The minimum atomic E-state index is 0. The summed E-state index contributed by atoms with van der Waals surface area (Å²) in [5.74, 6) is 0.942. The average Bonchev–Trinajstić information content (AvgIpc) is 3.13. The van der Waals surface area contributed by atoms with Gasteiger partial charge < -0.3 is 19.5 Å². The van der Waals surface area contributed by atoms with E-state index >= 15 is 0 Å². The second-order valence-corrected chi connectivity index (χ2v) is 7.34. The highest BCUT2D eigenvalue weighted by Crippen LogP contribution is 2.18. The maximum absolute atomic E-state index is 4.70. The zero-order chi connectivity index (χ0) is 19.5. The summed E-state index contributed by atoms with van der Waals surface area (Å²) in [4.78, 5) is 14.0. The Hall–Kier alpha value is -2.29. The van der Waals surface area contributed by atoms with Crippen LogP contribution in [0.1, 0.15) is 17.0 Å². The van der Waals surface area contributed by atoms with Gasteiger partial charge >= 0.3 is 0 Å². The summed E-state index contributed by atoms with van der Waals surface area (Å²) < 4.78 is 2.13. The van der Waals surface area contributed by atoms with E-state index in [0.717, 1.165) is 43.5 Å². The maximum Gasteiger partial charge on any atom is 0.194 e. The SMILES string of the molecule is CN=C(NCc1cn2c(C)cccc2n1)N1CCN(c2cccc(C)c2)CC1.I. The van der Waals surface area contributed by atoms with Gasteiger partial charge in [-0.1, -0.05) is 18.2 Å². The number of aliphatic imine (C=N–C) groups is 1. The number of piperazine rings is 1. The molecule has 2 aromatic heterocycles. The Morgan fingerprint density at radius 2 is 1.83 bits per heavy atom. The summed E-state index contributed by atoms with van der Waals surface area (Å²) in [6.07, 6.45) is 2.10. The maximum atomic E-state index is 4.70. The van der Waals surface area contributed by atoms with Gasteiger partial charge in [-0.25, -0.2) is 4.98 Å². The van der Waals surface area contributed by atoms with Crippen LogP contribution in [0.15, 0.2) is 53.7 Å². The first kappa shape index (κ1) is 21.4. The molecular weight excluding hydrogens is 475 g/mol. The molecule has 3 heterocycles. The molecule has 3 aromatic rings. The number of aryl methyl sites for hydroxylation is 2. The molecule has 4 rings (SSSR count). The van der Waals surface area contributed by atoms with Crippen LogP contribution in [0.4, 0.5) is 5.69 Å². The van der Waals surface area contributed by atoms with Gasteiger partial charge in [0.1, 0.15) is 5.65 Å². The van der Waals surface area contributed by atoms with E-state index in [4.69, 9.17) is 4.98 Å². The number of fused-ring (bicyclic) bond motifs is 1. The van der Waals surface area contributed by atoms with Gasteiger partial charge in [-0.3, -0.25) is 4.99 Å². The van der Waals surface area contributed by atoms with Gasteiger partial charge in [0.05, 0.1) is 12.2 Å². The van der Waals surface area contributed by atoms with E-state index in [1.54, 1.807) is 0 Å². The number of hydrogen-bond donors (Lipinski definition) is 1. The fraction of sp³-hybridized carbons (Fsp3) is 0.364. The average molecular weight is 504 g/mol. The minimum Gasteiger partial charge on any atom is -0.368 e. The topological polar surface area (TPSA) is 48.2 Å². The minimum absolute atomic E-state index is 0. The normalized spacial score (nSPS) is 14.8. The summed E-state index contributed by atoms with van der Waals surface area (Å²) in [5.41, 5.74) is 5.81. The van der Waals surface area contributed by atoms with Crippen LogP contribution in [0.25, 0.3) is 5.65 Å². The molecule has 0 radical (unpaired) electrons. The predicted molar refractivity (Wildman–Crippen MR) is 131 cm³/mol. The van der Waals surface area contributed by atoms with Gasteiger partial charge in [0, 0.05) is 50.8 Å². The lowest BCUT2D eigenvalue weighted by Crippen LogP contribution is -2.52. The molecule has 154 valence electrons. The molecule has 1 aromatic carbocycles. The van der Waals surface area contributed by atoms with Gasteiger partial charge in [-0.2, -0.15) is 0 Å². The third kappa shape index (κ3) is 4.83. The molecule has 0 bridgehead atoms. The Kier molecular flexibility index (Phi) is 7.00. The number of aromatic nitrogens is 2. The van der Waals surface area contributed by atoms with E-state index in [2.05, 4.69) is 74.9 Å². The third-order valence-corrected chi connectivity index (χ3v) is 5.33. The van der Waals surface area contributed by atoms with Crippen molar-refractivity contribution in [2.75, 3.05) is 38.1 Å². The predicted octanol–water partition coefficient (Wildman–Crippen LogP) is 3.47. The molecule has 0 aliphatic carbocycles. The van der Waals surface area contributed by atoms with E-state index in [0.29, 0.717) is 6.54 Å². The summed E-state index contributed by atoms with van der Waals surface area (Å²) in [6.45, 7) is 8.82. The summed E-state index contributed by atoms with van der Waals surface area (Å²) in [7, 11) is 1.85. The van der Waals surface area contributed by atoms with E-state index in [1.807, 2.05) is 19.2 Å². The molecule has 1 fully saturated rings. The number of guanidine groups is 1.